The van der Waals surface area contributed by atoms with Crippen LogP contribution < -0.4 is 9.64 Å². The van der Waals surface area contributed by atoms with Crippen molar-refractivity contribution in [1.29, 1.82) is 5.26 Å². The van der Waals surface area contributed by atoms with Gasteiger partial charge in [0.15, 0.2) is 0 Å². The summed E-state index contributed by atoms with van der Waals surface area (Å²) < 4.78 is 13.1. The van der Waals surface area contributed by atoms with Crippen LogP contribution in [0.3, 0.4) is 0 Å². The van der Waals surface area contributed by atoms with E-state index in [4.69, 9.17) is 14.5 Å². The topological polar surface area (TPSA) is 99.2 Å². The number of carbonyl (C=O) groups is 1. The Hall–Kier alpha value is -3.68. The minimum atomic E-state index is -0.112. The summed E-state index contributed by atoms with van der Waals surface area (Å²) in [4.78, 5) is 25.0. The quantitative estimate of drug-likeness (QED) is 0.348. The highest BCUT2D eigenvalue weighted by Crippen LogP contribution is 2.39. The van der Waals surface area contributed by atoms with Gasteiger partial charge in [0, 0.05) is 62.6 Å². The molecule has 0 saturated carbocycles. The Morgan fingerprint density at radius 3 is 2.62 bits per heavy atom. The first-order valence-corrected chi connectivity index (χ1v) is 15.1. The lowest BCUT2D eigenvalue weighted by Crippen LogP contribution is -2.55. The molecule has 42 heavy (non-hydrogen) atoms. The van der Waals surface area contributed by atoms with Crippen LogP contribution >= 0.6 is 0 Å². The number of rotatable bonds is 9. The van der Waals surface area contributed by atoms with Crippen LogP contribution in [0.1, 0.15) is 52.5 Å². The molecule has 224 valence electrons. The van der Waals surface area contributed by atoms with E-state index in [2.05, 4.69) is 45.9 Å². The highest BCUT2D eigenvalue weighted by molar-refractivity contribution is 5.85. The molecule has 0 N–H and O–H groups in total. The van der Waals surface area contributed by atoms with Gasteiger partial charge < -0.3 is 19.3 Å². The van der Waals surface area contributed by atoms with Crippen molar-refractivity contribution < 1.29 is 14.3 Å². The van der Waals surface area contributed by atoms with Gasteiger partial charge in [-0.1, -0.05) is 0 Å². The van der Waals surface area contributed by atoms with Gasteiger partial charge in [0.25, 0.3) is 0 Å². The zero-order chi connectivity index (χ0) is 29.9. The number of piperazine rings is 1. The van der Waals surface area contributed by atoms with Gasteiger partial charge in [0.05, 0.1) is 42.6 Å². The van der Waals surface area contributed by atoms with E-state index in [0.717, 1.165) is 74.6 Å². The Balaban J connectivity index is 1.33. The van der Waals surface area contributed by atoms with Crippen molar-refractivity contribution >= 4 is 17.3 Å². The normalized spacial score (nSPS) is 19.6. The number of esters is 1. The van der Waals surface area contributed by atoms with E-state index in [9.17, 15) is 10.1 Å². The first-order valence-electron chi connectivity index (χ1n) is 15.1. The number of nitrogens with zero attached hydrogens (tertiary/aromatic N) is 7. The van der Waals surface area contributed by atoms with Crippen LogP contribution in [-0.2, 0) is 9.53 Å². The summed E-state index contributed by atoms with van der Waals surface area (Å²) in [5.74, 6) is 1.51. The van der Waals surface area contributed by atoms with Gasteiger partial charge in [-0.3, -0.25) is 9.69 Å². The van der Waals surface area contributed by atoms with Crippen LogP contribution in [0.4, 0.5) is 5.82 Å². The van der Waals surface area contributed by atoms with Gasteiger partial charge in [-0.25, -0.2) is 9.50 Å². The molecule has 2 fully saturated rings. The predicted octanol–water partition coefficient (Wildman–Crippen LogP) is 4.23. The molecule has 10 heteroatoms. The van der Waals surface area contributed by atoms with Crippen molar-refractivity contribution in [2.75, 3.05) is 57.8 Å². The largest absolute Gasteiger partial charge is 0.492 e. The van der Waals surface area contributed by atoms with Crippen molar-refractivity contribution in [3.8, 4) is 22.9 Å². The molecule has 2 saturated heterocycles. The summed E-state index contributed by atoms with van der Waals surface area (Å²) in [5, 5.41) is 14.0. The van der Waals surface area contributed by atoms with Gasteiger partial charge in [0.2, 0.25) is 0 Å². The molecule has 0 aromatic carbocycles. The number of piperidine rings is 1. The number of hydrogen-bond donors (Lipinski definition) is 0. The number of anilines is 1. The number of aromatic nitrogens is 3. The molecule has 5 heterocycles. The van der Waals surface area contributed by atoms with Gasteiger partial charge in [-0.15, -0.1) is 0 Å². The number of carbonyl (C=O) groups excluding carboxylic acids is 1. The van der Waals surface area contributed by atoms with Crippen LogP contribution in [0.25, 0.3) is 16.6 Å². The molecule has 0 radical (unpaired) electrons. The van der Waals surface area contributed by atoms with Crippen molar-refractivity contribution in [3.05, 3.63) is 42.4 Å². The number of fused-ring (bicyclic) bond motifs is 1. The molecule has 0 aliphatic carbocycles. The van der Waals surface area contributed by atoms with Gasteiger partial charge in [0.1, 0.15) is 17.6 Å². The summed E-state index contributed by atoms with van der Waals surface area (Å²) in [6.45, 7) is 14.2. The van der Waals surface area contributed by atoms with E-state index in [1.54, 1.807) is 16.9 Å². The maximum absolute atomic E-state index is 12.9. The number of pyridine rings is 2. The maximum Gasteiger partial charge on any atom is 0.306 e. The van der Waals surface area contributed by atoms with E-state index in [1.165, 1.54) is 0 Å². The maximum atomic E-state index is 12.9. The fraction of sp³-hybridized carbons (Fsp3) is 0.562. The molecule has 0 amide bonds. The summed E-state index contributed by atoms with van der Waals surface area (Å²) in [6.07, 6.45) is 7.39. The van der Waals surface area contributed by atoms with E-state index < -0.39 is 0 Å². The zero-order valence-electron chi connectivity index (χ0n) is 25.5. The standard InChI is InChI=1S/C32H43N7O3/c1-6-41-27-15-28(31-26(17-33)19-35-39(31)21-27)25-7-8-29(34-18-25)38-11-9-32(10-12-38,16-30(40)42-23(2)3)22-37-14-13-36(5)24(4)20-37/h7-8,15,18-19,21,23-24H,6,9-14,16,20,22H2,1-5H3/t24-/m0/s1. The average Bonchev–Trinajstić information content (AvgIpc) is 3.38. The fourth-order valence-corrected chi connectivity index (χ4v) is 6.33. The summed E-state index contributed by atoms with van der Waals surface area (Å²) in [6, 6.07) is 8.79. The van der Waals surface area contributed by atoms with Crippen LogP contribution in [-0.4, -0.2) is 95.4 Å². The third-order valence-electron chi connectivity index (χ3n) is 8.71. The van der Waals surface area contributed by atoms with Gasteiger partial charge in [-0.05, 0) is 71.2 Å². The lowest BCUT2D eigenvalue weighted by molar-refractivity contribution is -0.151. The summed E-state index contributed by atoms with van der Waals surface area (Å²) >= 11 is 0. The van der Waals surface area contributed by atoms with Crippen molar-refractivity contribution in [2.24, 2.45) is 5.41 Å². The third-order valence-corrected chi connectivity index (χ3v) is 8.71. The van der Waals surface area contributed by atoms with Crippen molar-refractivity contribution in [2.45, 2.75) is 59.1 Å². The summed E-state index contributed by atoms with van der Waals surface area (Å²) in [5.41, 5.74) is 2.89. The fourth-order valence-electron chi connectivity index (χ4n) is 6.33. The molecule has 0 bridgehead atoms. The Labute approximate surface area is 248 Å². The van der Waals surface area contributed by atoms with Gasteiger partial charge >= 0.3 is 5.97 Å². The molecule has 1 atom stereocenters. The molecule has 3 aromatic heterocycles. The van der Waals surface area contributed by atoms with Crippen molar-refractivity contribution in [3.63, 3.8) is 0 Å². The average molecular weight is 574 g/mol. The van der Waals surface area contributed by atoms with Crippen LogP contribution in [0.2, 0.25) is 0 Å². The highest BCUT2D eigenvalue weighted by Gasteiger charge is 2.40. The second kappa shape index (κ2) is 12.7. The van der Waals surface area contributed by atoms with E-state index in [-0.39, 0.29) is 17.5 Å². The van der Waals surface area contributed by atoms with E-state index in [1.807, 2.05) is 39.1 Å². The minimum absolute atomic E-state index is 0.0969. The lowest BCUT2D eigenvalue weighted by atomic mass is 9.75. The molecular formula is C32H43N7O3. The zero-order valence-corrected chi connectivity index (χ0v) is 25.5. The van der Waals surface area contributed by atoms with E-state index >= 15 is 0 Å². The Morgan fingerprint density at radius 1 is 1.19 bits per heavy atom. The highest BCUT2D eigenvalue weighted by atomic mass is 16.5. The number of likely N-dealkylation sites (N-methyl/N-ethyl adjacent to an activating group) is 1. The second-order valence-corrected chi connectivity index (χ2v) is 12.2. The van der Waals surface area contributed by atoms with E-state index in [0.29, 0.717) is 30.4 Å². The smallest absolute Gasteiger partial charge is 0.306 e. The first kappa shape index (κ1) is 29.8. The SMILES string of the molecule is CCOc1cc(-c2ccc(N3CCC(CC(=O)OC(C)C)(CN4CCN(C)[C@@H](C)C4)CC3)nc2)c2c(C#N)cnn2c1. The molecule has 3 aromatic rings. The number of nitriles is 1. The predicted molar refractivity (Wildman–Crippen MR) is 163 cm³/mol. The minimum Gasteiger partial charge on any atom is -0.492 e. The molecule has 2 aliphatic heterocycles. The van der Waals surface area contributed by atoms with Crippen LogP contribution in [0, 0.1) is 16.7 Å². The molecular weight excluding hydrogens is 530 g/mol. The molecule has 0 spiro atoms. The number of hydrogen-bond acceptors (Lipinski definition) is 9. The second-order valence-electron chi connectivity index (χ2n) is 12.2. The molecule has 5 rings (SSSR count). The Kier molecular flexibility index (Phi) is 8.99. The molecule has 2 aliphatic rings. The monoisotopic (exact) mass is 573 g/mol. The Bertz CT molecular complexity index is 1420. The molecule has 0 unspecified atom stereocenters. The van der Waals surface area contributed by atoms with Crippen LogP contribution in [0.5, 0.6) is 5.75 Å². The number of ether oxygens (including phenoxy) is 2. The van der Waals surface area contributed by atoms with Crippen molar-refractivity contribution in [1.82, 2.24) is 24.4 Å². The first-order chi connectivity index (χ1) is 20.2. The lowest BCUT2D eigenvalue weighted by Gasteiger charge is -2.47. The molecule has 10 nitrogen and oxygen atoms in total. The summed E-state index contributed by atoms with van der Waals surface area (Å²) in [7, 11) is 2.19. The van der Waals surface area contributed by atoms with Crippen LogP contribution in [0.15, 0.2) is 36.8 Å². The third kappa shape index (κ3) is 6.53. The van der Waals surface area contributed by atoms with Gasteiger partial charge in [-0.2, -0.15) is 10.4 Å². The Morgan fingerprint density at radius 2 is 1.98 bits per heavy atom.